The molecule has 0 bridgehead atoms. The lowest BCUT2D eigenvalue weighted by Crippen LogP contribution is -2.17. The summed E-state index contributed by atoms with van der Waals surface area (Å²) >= 11 is 5.26. The number of benzene rings is 3. The van der Waals surface area contributed by atoms with E-state index >= 15 is 0 Å². The summed E-state index contributed by atoms with van der Waals surface area (Å²) in [6, 6.07) is 24.6. The summed E-state index contributed by atoms with van der Waals surface area (Å²) in [5, 5.41) is 12.9. The highest BCUT2D eigenvalue weighted by Gasteiger charge is 2.19. The number of fused-ring (bicyclic) bond motifs is 2. The highest BCUT2D eigenvalue weighted by molar-refractivity contribution is 7.80. The third-order valence-electron chi connectivity index (χ3n) is 4.52. The number of nitrogens with zero attached hydrogens (tertiary/aromatic N) is 2. The third-order valence-corrected chi connectivity index (χ3v) is 4.72. The van der Waals surface area contributed by atoms with E-state index in [2.05, 4.69) is 41.0 Å². The smallest absolute Gasteiger partial charge is 0.122 e. The highest BCUT2D eigenvalue weighted by Crippen LogP contribution is 2.28. The second-order valence-corrected chi connectivity index (χ2v) is 6.38. The molecular formula is C21H15N3S. The first kappa shape index (κ1) is 15.4. The van der Waals surface area contributed by atoms with Crippen molar-refractivity contribution in [3.05, 3.63) is 83.6 Å². The molecule has 0 saturated carbocycles. The molecule has 0 spiro atoms. The molecule has 3 aromatic carbocycles. The average molecular weight is 341 g/mol. The quantitative estimate of drug-likeness (QED) is 0.564. The Morgan fingerprint density at radius 1 is 0.960 bits per heavy atom. The molecule has 4 heteroatoms. The maximum absolute atomic E-state index is 9.64. The Balaban J connectivity index is 2.00. The summed E-state index contributed by atoms with van der Waals surface area (Å²) in [6.45, 7) is 0.607. The predicted octanol–water partition coefficient (Wildman–Crippen LogP) is 4.35. The van der Waals surface area contributed by atoms with Crippen LogP contribution in [0, 0.1) is 11.3 Å². The minimum Gasteiger partial charge on any atom is -0.388 e. The van der Waals surface area contributed by atoms with Gasteiger partial charge in [-0.2, -0.15) is 5.26 Å². The molecule has 1 heterocycles. The van der Waals surface area contributed by atoms with E-state index in [4.69, 9.17) is 18.0 Å². The largest absolute Gasteiger partial charge is 0.388 e. The van der Waals surface area contributed by atoms with Crippen molar-refractivity contribution in [2.24, 2.45) is 5.73 Å². The number of thiocarbonyl (C=S) groups is 1. The van der Waals surface area contributed by atoms with Crippen LogP contribution in [0.4, 0.5) is 0 Å². The van der Waals surface area contributed by atoms with Gasteiger partial charge in [-0.05, 0) is 22.4 Å². The summed E-state index contributed by atoms with van der Waals surface area (Å²) in [4.78, 5) is 0.244. The van der Waals surface area contributed by atoms with Gasteiger partial charge in [0.05, 0.1) is 16.8 Å². The Bertz CT molecular complexity index is 1160. The molecule has 0 atom stereocenters. The van der Waals surface area contributed by atoms with Crippen LogP contribution in [0.3, 0.4) is 0 Å². The standard InChI is InChI=1S/C21H15N3S/c22-12-18-17-10-3-4-11-19(17)24(20(18)21(23)25)13-15-8-5-7-14-6-1-2-9-16(14)15/h1-11H,13H2,(H2,23,25). The van der Waals surface area contributed by atoms with E-state index in [1.54, 1.807) is 0 Å². The van der Waals surface area contributed by atoms with E-state index in [0.717, 1.165) is 10.9 Å². The zero-order valence-electron chi connectivity index (χ0n) is 13.4. The van der Waals surface area contributed by atoms with Crippen molar-refractivity contribution in [3.63, 3.8) is 0 Å². The van der Waals surface area contributed by atoms with Gasteiger partial charge in [-0.3, -0.25) is 0 Å². The maximum atomic E-state index is 9.64. The number of nitrogens with two attached hydrogens (primary N) is 1. The molecule has 3 nitrogen and oxygen atoms in total. The first-order valence-electron chi connectivity index (χ1n) is 7.98. The van der Waals surface area contributed by atoms with E-state index in [-0.39, 0.29) is 4.99 Å². The molecule has 0 fully saturated rings. The first-order valence-corrected chi connectivity index (χ1v) is 8.39. The van der Waals surface area contributed by atoms with Gasteiger partial charge in [0.2, 0.25) is 0 Å². The monoisotopic (exact) mass is 341 g/mol. The third kappa shape index (κ3) is 2.46. The molecular weight excluding hydrogens is 326 g/mol. The molecule has 0 aliphatic heterocycles. The van der Waals surface area contributed by atoms with E-state index in [0.29, 0.717) is 17.8 Å². The van der Waals surface area contributed by atoms with E-state index in [1.807, 2.05) is 36.4 Å². The zero-order chi connectivity index (χ0) is 17.4. The van der Waals surface area contributed by atoms with Crippen LogP contribution in [-0.4, -0.2) is 9.56 Å². The van der Waals surface area contributed by atoms with Crippen molar-refractivity contribution >= 4 is 38.9 Å². The van der Waals surface area contributed by atoms with Crippen molar-refractivity contribution in [2.75, 3.05) is 0 Å². The molecule has 0 saturated heterocycles. The Morgan fingerprint density at radius 3 is 2.40 bits per heavy atom. The van der Waals surface area contributed by atoms with Crippen LogP contribution >= 0.6 is 12.2 Å². The fourth-order valence-electron chi connectivity index (χ4n) is 3.44. The molecule has 4 rings (SSSR count). The molecule has 120 valence electrons. The summed E-state index contributed by atoms with van der Waals surface area (Å²) in [5.74, 6) is 0. The molecule has 0 amide bonds. The molecule has 0 aliphatic rings. The van der Waals surface area contributed by atoms with Crippen LogP contribution in [-0.2, 0) is 6.54 Å². The van der Waals surface area contributed by atoms with E-state index in [1.165, 1.54) is 16.3 Å². The van der Waals surface area contributed by atoms with Gasteiger partial charge in [-0.15, -0.1) is 0 Å². The van der Waals surface area contributed by atoms with Gasteiger partial charge >= 0.3 is 0 Å². The average Bonchev–Trinajstić information content (AvgIpc) is 2.96. The van der Waals surface area contributed by atoms with Gasteiger partial charge < -0.3 is 10.3 Å². The van der Waals surface area contributed by atoms with Crippen LogP contribution in [0.1, 0.15) is 16.8 Å². The molecule has 1 aromatic heterocycles. The second-order valence-electron chi connectivity index (χ2n) is 5.94. The minimum absolute atomic E-state index is 0.244. The van der Waals surface area contributed by atoms with Crippen LogP contribution in [0.5, 0.6) is 0 Å². The number of hydrogen-bond acceptors (Lipinski definition) is 2. The van der Waals surface area contributed by atoms with E-state index < -0.39 is 0 Å². The topological polar surface area (TPSA) is 54.7 Å². The second kappa shape index (κ2) is 6.04. The number of nitriles is 1. The van der Waals surface area contributed by atoms with Gasteiger partial charge in [0, 0.05) is 11.9 Å². The molecule has 2 N–H and O–H groups in total. The molecule has 0 aliphatic carbocycles. The molecule has 25 heavy (non-hydrogen) atoms. The van der Waals surface area contributed by atoms with Gasteiger partial charge in [0.1, 0.15) is 11.1 Å². The number of hydrogen-bond donors (Lipinski definition) is 1. The van der Waals surface area contributed by atoms with Gasteiger partial charge in [0.25, 0.3) is 0 Å². The van der Waals surface area contributed by atoms with Crippen LogP contribution in [0.25, 0.3) is 21.7 Å². The van der Waals surface area contributed by atoms with Crippen molar-refractivity contribution in [1.29, 1.82) is 5.26 Å². The summed E-state index contributed by atoms with van der Waals surface area (Å²) < 4.78 is 2.05. The Morgan fingerprint density at radius 2 is 1.64 bits per heavy atom. The van der Waals surface area contributed by atoms with Gasteiger partial charge in [0.15, 0.2) is 0 Å². The Hall–Kier alpha value is -3.16. The van der Waals surface area contributed by atoms with Crippen molar-refractivity contribution < 1.29 is 0 Å². The fourth-order valence-corrected chi connectivity index (χ4v) is 3.65. The van der Waals surface area contributed by atoms with E-state index in [9.17, 15) is 5.26 Å². The van der Waals surface area contributed by atoms with Crippen LogP contribution in [0.15, 0.2) is 66.7 Å². The summed E-state index contributed by atoms with van der Waals surface area (Å²) in [5.41, 5.74) is 9.29. The Kier molecular flexibility index (Phi) is 3.72. The Labute approximate surface area is 150 Å². The lowest BCUT2D eigenvalue weighted by molar-refractivity contribution is 0.833. The molecule has 4 aromatic rings. The normalized spacial score (nSPS) is 10.8. The van der Waals surface area contributed by atoms with Crippen molar-refractivity contribution in [2.45, 2.75) is 6.54 Å². The minimum atomic E-state index is 0.244. The summed E-state index contributed by atoms with van der Waals surface area (Å²) in [7, 11) is 0. The maximum Gasteiger partial charge on any atom is 0.122 e. The molecule has 0 radical (unpaired) electrons. The first-order chi connectivity index (χ1) is 12.2. The highest BCUT2D eigenvalue weighted by atomic mass is 32.1. The number of rotatable bonds is 3. The van der Waals surface area contributed by atoms with Crippen LogP contribution < -0.4 is 5.73 Å². The van der Waals surface area contributed by atoms with Crippen molar-refractivity contribution in [3.8, 4) is 6.07 Å². The molecule has 0 unspecified atom stereocenters. The number of aromatic nitrogens is 1. The van der Waals surface area contributed by atoms with Crippen LogP contribution in [0.2, 0.25) is 0 Å². The zero-order valence-corrected chi connectivity index (χ0v) is 14.3. The lowest BCUT2D eigenvalue weighted by Gasteiger charge is -2.12. The fraction of sp³-hybridized carbons (Fsp3) is 0.0476. The van der Waals surface area contributed by atoms with Crippen molar-refractivity contribution in [1.82, 2.24) is 4.57 Å². The lowest BCUT2D eigenvalue weighted by atomic mass is 10.0. The predicted molar refractivity (Wildman–Crippen MR) is 106 cm³/mol. The summed E-state index contributed by atoms with van der Waals surface area (Å²) in [6.07, 6.45) is 0. The van der Waals surface area contributed by atoms with Gasteiger partial charge in [-0.25, -0.2) is 0 Å². The SMILES string of the molecule is N#Cc1c(C(N)=S)n(Cc2cccc3ccccc23)c2ccccc12. The van der Waals surface area contributed by atoms with Gasteiger partial charge in [-0.1, -0.05) is 72.9 Å². The number of para-hydroxylation sites is 1.